The van der Waals surface area contributed by atoms with E-state index in [1.54, 1.807) is 0 Å². The summed E-state index contributed by atoms with van der Waals surface area (Å²) < 4.78 is 66.9. The molecule has 2 aromatic carbocycles. The van der Waals surface area contributed by atoms with Crippen molar-refractivity contribution in [2.45, 2.75) is 37.4 Å². The molecule has 0 unspecified atom stereocenters. The van der Waals surface area contributed by atoms with Crippen molar-refractivity contribution in [3.63, 3.8) is 0 Å². The summed E-state index contributed by atoms with van der Waals surface area (Å²) in [5, 5.41) is 0. The second-order valence-electron chi connectivity index (χ2n) is 7.54. The SMILES string of the molecule is CN1C(=O)[C@@H](c2ccc(C(C)(F)F)cc2)[C@@](C)(c2cccc(C(F)(F)F)c2)N=C1N. The Morgan fingerprint density at radius 2 is 1.63 bits per heavy atom. The lowest BCUT2D eigenvalue weighted by Crippen LogP contribution is -2.52. The van der Waals surface area contributed by atoms with Gasteiger partial charge in [0.05, 0.1) is 11.5 Å². The molecule has 9 heteroatoms. The van der Waals surface area contributed by atoms with Crippen molar-refractivity contribution in [2.24, 2.45) is 10.7 Å². The molecular formula is C21H20F5N3O. The highest BCUT2D eigenvalue weighted by atomic mass is 19.4. The van der Waals surface area contributed by atoms with Gasteiger partial charge in [-0.2, -0.15) is 13.2 Å². The van der Waals surface area contributed by atoms with E-state index in [4.69, 9.17) is 5.73 Å². The number of rotatable bonds is 3. The predicted octanol–water partition coefficient (Wildman–Crippen LogP) is 4.60. The highest BCUT2D eigenvalue weighted by Gasteiger charge is 2.48. The van der Waals surface area contributed by atoms with Gasteiger partial charge in [0.2, 0.25) is 5.91 Å². The number of likely N-dealkylation sites (N-methyl/N-ethyl adjacent to an activating group) is 1. The molecule has 2 N–H and O–H groups in total. The summed E-state index contributed by atoms with van der Waals surface area (Å²) in [5.41, 5.74) is 3.74. The van der Waals surface area contributed by atoms with Gasteiger partial charge in [-0.05, 0) is 30.2 Å². The molecule has 3 rings (SSSR count). The van der Waals surface area contributed by atoms with Crippen molar-refractivity contribution in [2.75, 3.05) is 7.05 Å². The van der Waals surface area contributed by atoms with Crippen molar-refractivity contribution >= 4 is 11.9 Å². The van der Waals surface area contributed by atoms with Gasteiger partial charge in [-0.25, -0.2) is 13.8 Å². The van der Waals surface area contributed by atoms with Crippen LogP contribution in [0, 0.1) is 0 Å². The second-order valence-corrected chi connectivity index (χ2v) is 7.54. The van der Waals surface area contributed by atoms with Gasteiger partial charge in [0.15, 0.2) is 5.96 Å². The van der Waals surface area contributed by atoms with E-state index in [-0.39, 0.29) is 17.1 Å². The summed E-state index contributed by atoms with van der Waals surface area (Å²) in [6.07, 6.45) is -4.58. The Kier molecular flexibility index (Phi) is 5.12. The van der Waals surface area contributed by atoms with Crippen LogP contribution in [0.2, 0.25) is 0 Å². The largest absolute Gasteiger partial charge is 0.416 e. The Morgan fingerprint density at radius 3 is 2.17 bits per heavy atom. The number of halogens is 5. The standard InChI is InChI=1S/C21H20F5N3O/c1-19(14-5-4-6-15(11-14)21(24,25)26)16(17(30)29(3)18(27)28-19)12-7-9-13(10-8-12)20(2,22)23/h4-11,16H,1-3H3,(H2,27,28)/t16-,19-/m1/s1. The zero-order chi connectivity index (χ0) is 22.5. The van der Waals surface area contributed by atoms with Crippen LogP contribution in [0.3, 0.4) is 0 Å². The minimum Gasteiger partial charge on any atom is -0.369 e. The normalized spacial score (nSPS) is 22.8. The maximum absolute atomic E-state index is 13.6. The van der Waals surface area contributed by atoms with Gasteiger partial charge in [-0.15, -0.1) is 0 Å². The quantitative estimate of drug-likeness (QED) is 0.731. The summed E-state index contributed by atoms with van der Waals surface area (Å²) in [6, 6.07) is 9.63. The molecule has 1 amide bonds. The number of aliphatic imine (C=N–C) groups is 1. The van der Waals surface area contributed by atoms with Crippen LogP contribution in [0.1, 0.15) is 42.0 Å². The van der Waals surface area contributed by atoms with Gasteiger partial charge in [-0.1, -0.05) is 36.4 Å². The minimum absolute atomic E-state index is 0.136. The Morgan fingerprint density at radius 1 is 1.03 bits per heavy atom. The lowest BCUT2D eigenvalue weighted by molar-refractivity contribution is -0.137. The van der Waals surface area contributed by atoms with E-state index < -0.39 is 35.0 Å². The summed E-state index contributed by atoms with van der Waals surface area (Å²) in [7, 11) is 1.40. The Labute approximate surface area is 170 Å². The van der Waals surface area contributed by atoms with E-state index in [1.807, 2.05) is 0 Å². The maximum Gasteiger partial charge on any atom is 0.416 e. The molecule has 2 atom stereocenters. The molecule has 0 bridgehead atoms. The van der Waals surface area contributed by atoms with Gasteiger partial charge in [-0.3, -0.25) is 9.69 Å². The fourth-order valence-corrected chi connectivity index (χ4v) is 3.60. The van der Waals surface area contributed by atoms with Gasteiger partial charge in [0, 0.05) is 19.5 Å². The van der Waals surface area contributed by atoms with Crippen molar-refractivity contribution in [3.05, 3.63) is 70.8 Å². The molecule has 1 aliphatic rings. The molecule has 30 heavy (non-hydrogen) atoms. The molecule has 2 aromatic rings. The molecule has 0 fully saturated rings. The molecule has 0 aliphatic carbocycles. The van der Waals surface area contributed by atoms with Gasteiger partial charge in [0.1, 0.15) is 5.54 Å². The third kappa shape index (κ3) is 3.76. The number of nitrogens with zero attached hydrogens (tertiary/aromatic N) is 2. The highest BCUT2D eigenvalue weighted by Crippen LogP contribution is 2.45. The van der Waals surface area contributed by atoms with Crippen LogP contribution in [-0.2, 0) is 22.4 Å². The Bertz CT molecular complexity index is 995. The number of carbonyl (C=O) groups excluding carboxylic acids is 1. The van der Waals surface area contributed by atoms with Crippen molar-refractivity contribution in [1.29, 1.82) is 0 Å². The van der Waals surface area contributed by atoms with E-state index in [2.05, 4.69) is 4.99 Å². The van der Waals surface area contributed by atoms with Crippen LogP contribution in [0.4, 0.5) is 22.0 Å². The number of carbonyl (C=O) groups is 1. The highest BCUT2D eigenvalue weighted by molar-refractivity contribution is 6.02. The van der Waals surface area contributed by atoms with Gasteiger partial charge in [0.25, 0.3) is 5.92 Å². The number of guanidine groups is 1. The molecule has 0 saturated heterocycles. The molecule has 1 aliphatic heterocycles. The first-order valence-corrected chi connectivity index (χ1v) is 9.04. The van der Waals surface area contributed by atoms with Crippen LogP contribution < -0.4 is 5.73 Å². The molecule has 160 valence electrons. The zero-order valence-corrected chi connectivity index (χ0v) is 16.5. The summed E-state index contributed by atoms with van der Waals surface area (Å²) in [4.78, 5) is 18.5. The number of benzene rings is 2. The molecule has 1 heterocycles. The molecule has 0 radical (unpaired) electrons. The lowest BCUT2D eigenvalue weighted by atomic mass is 9.74. The number of nitrogens with two attached hydrogens (primary N) is 1. The first-order valence-electron chi connectivity index (χ1n) is 9.04. The van der Waals surface area contributed by atoms with Crippen molar-refractivity contribution in [3.8, 4) is 0 Å². The topological polar surface area (TPSA) is 58.7 Å². The number of amides is 1. The van der Waals surface area contributed by atoms with E-state index in [1.165, 1.54) is 50.4 Å². The first-order chi connectivity index (χ1) is 13.7. The van der Waals surface area contributed by atoms with E-state index in [0.29, 0.717) is 5.56 Å². The predicted molar refractivity (Wildman–Crippen MR) is 102 cm³/mol. The average molecular weight is 425 g/mol. The van der Waals surface area contributed by atoms with E-state index in [9.17, 15) is 26.7 Å². The minimum atomic E-state index is -4.58. The number of hydrogen-bond donors (Lipinski definition) is 1. The van der Waals surface area contributed by atoms with Gasteiger partial charge >= 0.3 is 6.18 Å². The Hall–Kier alpha value is -2.97. The Balaban J connectivity index is 2.18. The molecule has 0 saturated carbocycles. The van der Waals surface area contributed by atoms with Crippen LogP contribution in [0.25, 0.3) is 0 Å². The molecule has 4 nitrogen and oxygen atoms in total. The van der Waals surface area contributed by atoms with Crippen LogP contribution in [0.5, 0.6) is 0 Å². The maximum atomic E-state index is 13.6. The van der Waals surface area contributed by atoms with E-state index >= 15 is 0 Å². The van der Waals surface area contributed by atoms with Crippen molar-refractivity contribution in [1.82, 2.24) is 4.90 Å². The van der Waals surface area contributed by atoms with Crippen molar-refractivity contribution < 1.29 is 26.7 Å². The van der Waals surface area contributed by atoms with Crippen LogP contribution in [0.15, 0.2) is 53.5 Å². The molecule has 0 spiro atoms. The first kappa shape index (κ1) is 21.7. The van der Waals surface area contributed by atoms with Gasteiger partial charge < -0.3 is 5.73 Å². The van der Waals surface area contributed by atoms with Crippen LogP contribution >= 0.6 is 0 Å². The third-order valence-corrected chi connectivity index (χ3v) is 5.36. The summed E-state index contributed by atoms with van der Waals surface area (Å²) >= 11 is 0. The molecular weight excluding hydrogens is 405 g/mol. The van der Waals surface area contributed by atoms with Crippen LogP contribution in [-0.4, -0.2) is 23.8 Å². The zero-order valence-electron chi connectivity index (χ0n) is 16.5. The fraction of sp³-hybridized carbons (Fsp3) is 0.333. The smallest absolute Gasteiger partial charge is 0.369 e. The monoisotopic (exact) mass is 425 g/mol. The molecule has 0 aromatic heterocycles. The average Bonchev–Trinajstić information content (AvgIpc) is 2.65. The van der Waals surface area contributed by atoms with E-state index in [0.717, 1.165) is 24.0 Å². The summed E-state index contributed by atoms with van der Waals surface area (Å²) in [6.45, 7) is 2.26. The fourth-order valence-electron chi connectivity index (χ4n) is 3.60. The summed E-state index contributed by atoms with van der Waals surface area (Å²) in [5.74, 6) is -4.78. The lowest BCUT2D eigenvalue weighted by Gasteiger charge is -2.41. The second kappa shape index (κ2) is 7.07. The third-order valence-electron chi connectivity index (χ3n) is 5.36. The number of alkyl halides is 5. The number of hydrogen-bond acceptors (Lipinski definition) is 3.